The Morgan fingerprint density at radius 1 is 1.11 bits per heavy atom. The summed E-state index contributed by atoms with van der Waals surface area (Å²) in [5.74, 6) is 0.858. The normalized spacial score (nSPS) is 16.6. The van der Waals surface area contributed by atoms with E-state index in [9.17, 15) is 9.59 Å². The highest BCUT2D eigenvalue weighted by molar-refractivity contribution is 7.09. The van der Waals surface area contributed by atoms with Crippen LogP contribution >= 0.6 is 22.9 Å². The highest BCUT2D eigenvalue weighted by Crippen LogP contribution is 2.33. The van der Waals surface area contributed by atoms with Crippen LogP contribution in [0.1, 0.15) is 46.4 Å². The van der Waals surface area contributed by atoms with E-state index in [1.165, 1.54) is 11.3 Å². The number of amides is 1. The van der Waals surface area contributed by atoms with Gasteiger partial charge < -0.3 is 19.1 Å². The van der Waals surface area contributed by atoms with Crippen LogP contribution in [0.5, 0.6) is 11.5 Å². The molecule has 2 aromatic carbocycles. The summed E-state index contributed by atoms with van der Waals surface area (Å²) in [6, 6.07) is 13.8. The standard InChI is InChI=1S/C28H30ClN3O5S/c1-2-35-28(34)21-4-3-11-32(15-21)27(33)23-17-38-26(30-23)16-31(13-19-5-8-22(29)9-6-19)14-20-7-10-24-25(12-20)37-18-36-24/h5-10,12,17,21H,2-4,11,13-16,18H2,1H3. The lowest BCUT2D eigenvalue weighted by atomic mass is 9.98. The van der Waals surface area contributed by atoms with Crippen LogP contribution in [-0.2, 0) is 29.2 Å². The maximum absolute atomic E-state index is 13.2. The number of nitrogens with zero attached hydrogens (tertiary/aromatic N) is 3. The molecule has 3 aromatic rings. The van der Waals surface area contributed by atoms with Crippen molar-refractivity contribution in [3.05, 3.63) is 74.7 Å². The quantitative estimate of drug-likeness (QED) is 0.338. The molecule has 1 fully saturated rings. The molecular formula is C28H30ClN3O5S. The lowest BCUT2D eigenvalue weighted by Gasteiger charge is -2.31. The van der Waals surface area contributed by atoms with E-state index in [0.29, 0.717) is 50.0 Å². The summed E-state index contributed by atoms with van der Waals surface area (Å²) >= 11 is 7.56. The second kappa shape index (κ2) is 12.1. The molecule has 38 heavy (non-hydrogen) atoms. The molecule has 1 atom stereocenters. The number of piperidine rings is 1. The number of aromatic nitrogens is 1. The maximum atomic E-state index is 13.2. The van der Waals surface area contributed by atoms with Gasteiger partial charge in [0.2, 0.25) is 6.79 Å². The Kier molecular flexibility index (Phi) is 8.46. The smallest absolute Gasteiger partial charge is 0.310 e. The first kappa shape index (κ1) is 26.5. The van der Waals surface area contributed by atoms with E-state index >= 15 is 0 Å². The van der Waals surface area contributed by atoms with Crippen molar-refractivity contribution in [2.75, 3.05) is 26.5 Å². The number of fused-ring (bicyclic) bond motifs is 1. The maximum Gasteiger partial charge on any atom is 0.310 e. The van der Waals surface area contributed by atoms with Gasteiger partial charge >= 0.3 is 5.97 Å². The number of benzene rings is 2. The summed E-state index contributed by atoms with van der Waals surface area (Å²) in [6.45, 7) is 5.28. The molecule has 0 saturated carbocycles. The average molecular weight is 556 g/mol. The second-order valence-electron chi connectivity index (χ2n) is 9.43. The highest BCUT2D eigenvalue weighted by Gasteiger charge is 2.30. The summed E-state index contributed by atoms with van der Waals surface area (Å²) in [7, 11) is 0. The number of hydrogen-bond acceptors (Lipinski definition) is 8. The zero-order valence-corrected chi connectivity index (χ0v) is 22.8. The molecule has 8 nitrogen and oxygen atoms in total. The van der Waals surface area contributed by atoms with Gasteiger partial charge in [-0.25, -0.2) is 4.98 Å². The monoisotopic (exact) mass is 555 g/mol. The topological polar surface area (TPSA) is 81.2 Å². The van der Waals surface area contributed by atoms with E-state index in [2.05, 4.69) is 4.90 Å². The van der Waals surface area contributed by atoms with Crippen molar-refractivity contribution < 1.29 is 23.8 Å². The van der Waals surface area contributed by atoms with Crippen molar-refractivity contribution in [2.24, 2.45) is 5.92 Å². The van der Waals surface area contributed by atoms with Crippen LogP contribution in [0.4, 0.5) is 0 Å². The third kappa shape index (κ3) is 6.46. The summed E-state index contributed by atoms with van der Waals surface area (Å²) < 4.78 is 16.2. The lowest BCUT2D eigenvalue weighted by Crippen LogP contribution is -2.43. The second-order valence-corrected chi connectivity index (χ2v) is 10.8. The van der Waals surface area contributed by atoms with Crippen molar-refractivity contribution in [2.45, 2.75) is 39.4 Å². The van der Waals surface area contributed by atoms with Crippen molar-refractivity contribution >= 4 is 34.8 Å². The molecule has 10 heteroatoms. The first-order valence-electron chi connectivity index (χ1n) is 12.7. The molecular weight excluding hydrogens is 526 g/mol. The van der Waals surface area contributed by atoms with Crippen molar-refractivity contribution in [1.29, 1.82) is 0 Å². The summed E-state index contributed by atoms with van der Waals surface area (Å²) in [5, 5.41) is 3.36. The molecule has 0 spiro atoms. The van der Waals surface area contributed by atoms with Gasteiger partial charge in [0, 0.05) is 36.6 Å². The van der Waals surface area contributed by atoms with Crippen LogP contribution in [-0.4, -0.2) is 53.1 Å². The third-order valence-electron chi connectivity index (χ3n) is 6.62. The average Bonchev–Trinajstić information content (AvgIpc) is 3.59. The fourth-order valence-electron chi connectivity index (χ4n) is 4.76. The minimum absolute atomic E-state index is 0.137. The summed E-state index contributed by atoms with van der Waals surface area (Å²) in [6.07, 6.45) is 1.51. The van der Waals surface area contributed by atoms with Gasteiger partial charge in [-0.15, -0.1) is 11.3 Å². The van der Waals surface area contributed by atoms with Crippen LogP contribution in [0.15, 0.2) is 47.8 Å². The van der Waals surface area contributed by atoms with Gasteiger partial charge in [-0.2, -0.15) is 0 Å². The van der Waals surface area contributed by atoms with Crippen LogP contribution in [0.25, 0.3) is 0 Å². The number of carbonyl (C=O) groups excluding carboxylic acids is 2. The molecule has 1 amide bonds. The molecule has 5 rings (SSSR count). The van der Waals surface area contributed by atoms with E-state index in [1.54, 1.807) is 11.8 Å². The zero-order valence-electron chi connectivity index (χ0n) is 21.2. The molecule has 0 bridgehead atoms. The van der Waals surface area contributed by atoms with E-state index in [4.69, 9.17) is 30.8 Å². The molecule has 2 aliphatic heterocycles. The van der Waals surface area contributed by atoms with E-state index < -0.39 is 0 Å². The number of thiazole rings is 1. The summed E-state index contributed by atoms with van der Waals surface area (Å²) in [5.41, 5.74) is 2.64. The van der Waals surface area contributed by atoms with Crippen LogP contribution in [0.3, 0.4) is 0 Å². The summed E-state index contributed by atoms with van der Waals surface area (Å²) in [4.78, 5) is 34.1. The Hall–Kier alpha value is -3.14. The molecule has 0 radical (unpaired) electrons. The molecule has 1 saturated heterocycles. The van der Waals surface area contributed by atoms with E-state index in [1.807, 2.05) is 47.8 Å². The van der Waals surface area contributed by atoms with E-state index in [-0.39, 0.29) is 24.6 Å². The number of hydrogen-bond donors (Lipinski definition) is 0. The first-order chi connectivity index (χ1) is 18.5. The Balaban J connectivity index is 1.28. The van der Waals surface area contributed by atoms with Crippen LogP contribution < -0.4 is 9.47 Å². The van der Waals surface area contributed by atoms with Crippen molar-refractivity contribution in [3.8, 4) is 11.5 Å². The van der Waals surface area contributed by atoms with Gasteiger partial charge in [-0.05, 0) is 55.2 Å². The van der Waals surface area contributed by atoms with Gasteiger partial charge in [-0.1, -0.05) is 29.8 Å². The first-order valence-corrected chi connectivity index (χ1v) is 14.0. The number of carbonyl (C=O) groups is 2. The lowest BCUT2D eigenvalue weighted by molar-refractivity contribution is -0.149. The molecule has 2 aliphatic rings. The number of esters is 1. The fraction of sp³-hybridized carbons (Fsp3) is 0.393. The predicted octanol–water partition coefficient (Wildman–Crippen LogP) is 5.14. The molecule has 0 N–H and O–H groups in total. The van der Waals surface area contributed by atoms with Gasteiger partial charge in [0.15, 0.2) is 11.5 Å². The number of likely N-dealkylation sites (tertiary alicyclic amines) is 1. The minimum Gasteiger partial charge on any atom is -0.466 e. The Morgan fingerprint density at radius 3 is 2.68 bits per heavy atom. The third-order valence-corrected chi connectivity index (χ3v) is 7.71. The van der Waals surface area contributed by atoms with Crippen molar-refractivity contribution in [3.63, 3.8) is 0 Å². The van der Waals surface area contributed by atoms with Gasteiger partial charge in [0.1, 0.15) is 10.7 Å². The fourth-order valence-corrected chi connectivity index (χ4v) is 5.70. The zero-order chi connectivity index (χ0) is 26.5. The van der Waals surface area contributed by atoms with Crippen molar-refractivity contribution in [1.82, 2.24) is 14.8 Å². The molecule has 1 unspecified atom stereocenters. The molecule has 200 valence electrons. The Bertz CT molecular complexity index is 1280. The minimum atomic E-state index is -0.276. The van der Waals surface area contributed by atoms with Gasteiger partial charge in [0.25, 0.3) is 5.91 Å². The SMILES string of the molecule is CCOC(=O)C1CCCN(C(=O)c2csc(CN(Cc3ccc(Cl)cc3)Cc3ccc4c(c3)OCO4)n2)C1. The van der Waals surface area contributed by atoms with Gasteiger partial charge in [0.05, 0.1) is 19.1 Å². The largest absolute Gasteiger partial charge is 0.466 e. The highest BCUT2D eigenvalue weighted by atomic mass is 35.5. The molecule has 3 heterocycles. The molecule has 0 aliphatic carbocycles. The Morgan fingerprint density at radius 2 is 1.87 bits per heavy atom. The molecule has 1 aromatic heterocycles. The number of halogens is 1. The van der Waals surface area contributed by atoms with Gasteiger partial charge in [-0.3, -0.25) is 14.5 Å². The predicted molar refractivity (Wildman–Crippen MR) is 144 cm³/mol. The van der Waals surface area contributed by atoms with Crippen LogP contribution in [0, 0.1) is 5.92 Å². The van der Waals surface area contributed by atoms with Crippen LogP contribution in [0.2, 0.25) is 5.02 Å². The van der Waals surface area contributed by atoms with E-state index in [0.717, 1.165) is 40.5 Å². The number of rotatable bonds is 9. The number of ether oxygens (including phenoxy) is 3. The Labute approximate surface area is 231 Å².